The number of hydrogen-bond acceptors (Lipinski definition) is 5. The summed E-state index contributed by atoms with van der Waals surface area (Å²) in [6.07, 6.45) is 1.82. The molecule has 0 spiro atoms. The van der Waals surface area contributed by atoms with E-state index in [9.17, 15) is 8.42 Å². The molecule has 8 nitrogen and oxygen atoms in total. The number of sulfonamides is 1. The molecule has 1 fully saturated rings. The van der Waals surface area contributed by atoms with Crippen molar-refractivity contribution in [2.45, 2.75) is 24.7 Å². The van der Waals surface area contributed by atoms with Crippen LogP contribution in [0.1, 0.15) is 18.9 Å². The van der Waals surface area contributed by atoms with Gasteiger partial charge in [0.15, 0.2) is 5.96 Å². The van der Waals surface area contributed by atoms with E-state index in [1.807, 2.05) is 0 Å². The van der Waals surface area contributed by atoms with Crippen molar-refractivity contribution >= 4 is 16.0 Å². The lowest BCUT2D eigenvalue weighted by Crippen LogP contribution is -2.40. The zero-order chi connectivity index (χ0) is 20.4. The summed E-state index contributed by atoms with van der Waals surface area (Å²) < 4.78 is 33.3. The Morgan fingerprint density at radius 3 is 2.71 bits per heavy atom. The first-order valence-corrected chi connectivity index (χ1v) is 11.2. The van der Waals surface area contributed by atoms with Crippen molar-refractivity contribution in [3.63, 3.8) is 0 Å². The van der Waals surface area contributed by atoms with Crippen LogP contribution in [-0.2, 0) is 25.9 Å². The average Bonchev–Trinajstić information content (AvgIpc) is 3.13. The van der Waals surface area contributed by atoms with E-state index >= 15 is 0 Å². The lowest BCUT2D eigenvalue weighted by atomic mass is 10.1. The maximum atomic E-state index is 11.3. The summed E-state index contributed by atoms with van der Waals surface area (Å²) in [4.78, 5) is 7.14. The fraction of sp³-hybridized carbons (Fsp3) is 0.632. The maximum absolute atomic E-state index is 11.3. The third-order valence-corrected chi connectivity index (χ3v) is 5.55. The van der Waals surface area contributed by atoms with E-state index in [1.165, 1.54) is 12.1 Å². The molecule has 9 heteroatoms. The Balaban J connectivity index is 1.85. The van der Waals surface area contributed by atoms with Crippen LogP contribution in [-0.4, -0.2) is 72.4 Å². The van der Waals surface area contributed by atoms with Gasteiger partial charge in [-0.3, -0.25) is 4.99 Å². The van der Waals surface area contributed by atoms with Gasteiger partial charge in [-0.15, -0.1) is 0 Å². The average molecular weight is 413 g/mol. The second-order valence-electron chi connectivity index (χ2n) is 6.84. The molecule has 0 aliphatic carbocycles. The van der Waals surface area contributed by atoms with Gasteiger partial charge in [0.1, 0.15) is 0 Å². The van der Waals surface area contributed by atoms with Crippen LogP contribution in [0, 0.1) is 5.92 Å². The largest absolute Gasteiger partial charge is 0.382 e. The van der Waals surface area contributed by atoms with E-state index in [2.05, 4.69) is 17.1 Å². The zero-order valence-corrected chi connectivity index (χ0v) is 17.6. The summed E-state index contributed by atoms with van der Waals surface area (Å²) in [7, 11) is -1.97. The number of primary sulfonamides is 1. The molecule has 1 unspecified atom stereocenters. The van der Waals surface area contributed by atoms with E-state index in [0.29, 0.717) is 25.7 Å². The summed E-state index contributed by atoms with van der Waals surface area (Å²) in [5, 5.41) is 8.48. The molecule has 0 aromatic heterocycles. The first-order valence-electron chi connectivity index (χ1n) is 9.65. The molecule has 1 aromatic rings. The van der Waals surface area contributed by atoms with Gasteiger partial charge < -0.3 is 19.7 Å². The van der Waals surface area contributed by atoms with Gasteiger partial charge >= 0.3 is 0 Å². The quantitative estimate of drug-likeness (QED) is 0.335. The third-order valence-electron chi connectivity index (χ3n) is 4.62. The molecule has 1 aliphatic rings. The SMILES string of the molecule is CCNC(=NCCc1ccc(S(N)(=O)=O)cc1)N1CCC(COCCOC)C1. The molecule has 0 radical (unpaired) electrons. The predicted molar refractivity (Wildman–Crippen MR) is 110 cm³/mol. The normalized spacial score (nSPS) is 17.9. The van der Waals surface area contributed by atoms with Crippen molar-refractivity contribution in [3.05, 3.63) is 29.8 Å². The van der Waals surface area contributed by atoms with Crippen LogP contribution >= 0.6 is 0 Å². The van der Waals surface area contributed by atoms with Gasteiger partial charge in [0.2, 0.25) is 10.0 Å². The van der Waals surface area contributed by atoms with Crippen LogP contribution in [0.4, 0.5) is 0 Å². The van der Waals surface area contributed by atoms with Crippen LogP contribution in [0.25, 0.3) is 0 Å². The summed E-state index contributed by atoms with van der Waals surface area (Å²) >= 11 is 0. The number of likely N-dealkylation sites (tertiary alicyclic amines) is 1. The van der Waals surface area contributed by atoms with E-state index in [4.69, 9.17) is 19.6 Å². The number of nitrogens with zero attached hydrogens (tertiary/aromatic N) is 2. The van der Waals surface area contributed by atoms with Gasteiger partial charge in [0.25, 0.3) is 0 Å². The lowest BCUT2D eigenvalue weighted by molar-refractivity contribution is 0.0536. The summed E-state index contributed by atoms with van der Waals surface area (Å²) in [6.45, 7) is 7.40. The Morgan fingerprint density at radius 2 is 2.07 bits per heavy atom. The molecule has 2 rings (SSSR count). The highest BCUT2D eigenvalue weighted by Crippen LogP contribution is 2.17. The first kappa shape index (κ1) is 22.6. The lowest BCUT2D eigenvalue weighted by Gasteiger charge is -2.21. The Kier molecular flexibility index (Phi) is 9.17. The zero-order valence-electron chi connectivity index (χ0n) is 16.8. The number of ether oxygens (including phenoxy) is 2. The smallest absolute Gasteiger partial charge is 0.238 e. The Labute approximate surface area is 168 Å². The molecule has 28 heavy (non-hydrogen) atoms. The molecule has 1 saturated heterocycles. The van der Waals surface area contributed by atoms with E-state index in [-0.39, 0.29) is 4.90 Å². The van der Waals surface area contributed by atoms with Gasteiger partial charge in [-0.1, -0.05) is 12.1 Å². The van der Waals surface area contributed by atoms with Gasteiger partial charge in [0, 0.05) is 39.2 Å². The van der Waals surface area contributed by atoms with Crippen LogP contribution < -0.4 is 10.5 Å². The van der Waals surface area contributed by atoms with E-state index < -0.39 is 10.0 Å². The van der Waals surface area contributed by atoms with Crippen molar-refractivity contribution in [2.75, 3.05) is 53.1 Å². The topological polar surface area (TPSA) is 106 Å². The number of benzene rings is 1. The molecule has 1 atom stereocenters. The van der Waals surface area contributed by atoms with Crippen LogP contribution in [0.15, 0.2) is 34.2 Å². The second-order valence-corrected chi connectivity index (χ2v) is 8.40. The minimum absolute atomic E-state index is 0.129. The Hall–Kier alpha value is -1.68. The number of hydrogen-bond donors (Lipinski definition) is 2. The number of rotatable bonds is 10. The highest BCUT2D eigenvalue weighted by atomic mass is 32.2. The van der Waals surface area contributed by atoms with Crippen molar-refractivity contribution in [3.8, 4) is 0 Å². The van der Waals surface area contributed by atoms with Crippen molar-refractivity contribution in [2.24, 2.45) is 16.0 Å². The molecule has 3 N–H and O–H groups in total. The van der Waals surface area contributed by atoms with E-state index in [1.54, 1.807) is 19.2 Å². The van der Waals surface area contributed by atoms with Crippen molar-refractivity contribution in [1.29, 1.82) is 0 Å². The first-order chi connectivity index (χ1) is 13.4. The van der Waals surface area contributed by atoms with Gasteiger partial charge in [-0.25, -0.2) is 13.6 Å². The fourth-order valence-corrected chi connectivity index (χ4v) is 3.63. The van der Waals surface area contributed by atoms with Gasteiger partial charge in [-0.05, 0) is 37.5 Å². The summed E-state index contributed by atoms with van der Waals surface area (Å²) in [5.41, 5.74) is 1.03. The number of aliphatic imine (C=N–C) groups is 1. The number of nitrogens with one attached hydrogen (secondary N) is 1. The highest BCUT2D eigenvalue weighted by molar-refractivity contribution is 7.89. The molecular formula is C19H32N4O4S. The minimum atomic E-state index is -3.65. The molecule has 1 aromatic carbocycles. The summed E-state index contributed by atoms with van der Waals surface area (Å²) in [6, 6.07) is 6.64. The van der Waals surface area contributed by atoms with Crippen LogP contribution in [0.2, 0.25) is 0 Å². The molecule has 1 aliphatic heterocycles. The van der Waals surface area contributed by atoms with E-state index in [0.717, 1.165) is 50.6 Å². The van der Waals surface area contributed by atoms with Gasteiger partial charge in [-0.2, -0.15) is 0 Å². The van der Waals surface area contributed by atoms with Crippen LogP contribution in [0.5, 0.6) is 0 Å². The van der Waals surface area contributed by atoms with Crippen LogP contribution in [0.3, 0.4) is 0 Å². The fourth-order valence-electron chi connectivity index (χ4n) is 3.12. The number of nitrogens with two attached hydrogens (primary N) is 1. The molecule has 0 saturated carbocycles. The molecular weight excluding hydrogens is 380 g/mol. The molecule has 0 amide bonds. The third kappa shape index (κ3) is 7.38. The molecule has 0 bridgehead atoms. The predicted octanol–water partition coefficient (Wildman–Crippen LogP) is 0.827. The van der Waals surface area contributed by atoms with Crippen molar-refractivity contribution in [1.82, 2.24) is 10.2 Å². The molecule has 158 valence electrons. The number of guanidine groups is 1. The maximum Gasteiger partial charge on any atom is 0.238 e. The van der Waals surface area contributed by atoms with Crippen molar-refractivity contribution < 1.29 is 17.9 Å². The number of methoxy groups -OCH3 is 1. The monoisotopic (exact) mass is 412 g/mol. The highest BCUT2D eigenvalue weighted by Gasteiger charge is 2.24. The summed E-state index contributed by atoms with van der Waals surface area (Å²) in [5.74, 6) is 1.43. The Bertz CT molecular complexity index is 722. The standard InChI is InChI=1S/C19H32N4O4S/c1-3-21-19(23-11-9-17(14-23)15-27-13-12-26-2)22-10-8-16-4-6-18(7-5-16)28(20,24)25/h4-7,17H,3,8-15H2,1-2H3,(H,21,22)(H2,20,24,25). The minimum Gasteiger partial charge on any atom is -0.382 e. The second kappa shape index (κ2) is 11.4. The Morgan fingerprint density at radius 1 is 1.32 bits per heavy atom. The molecule has 1 heterocycles. The van der Waals surface area contributed by atoms with Gasteiger partial charge in [0.05, 0.1) is 24.7 Å².